The van der Waals surface area contributed by atoms with Gasteiger partial charge in [0.15, 0.2) is 0 Å². The molecule has 106 valence electrons. The summed E-state index contributed by atoms with van der Waals surface area (Å²) in [6.45, 7) is 5.50. The smallest absolute Gasteiger partial charge is 0.224 e. The van der Waals surface area contributed by atoms with E-state index in [-0.39, 0.29) is 5.91 Å². The van der Waals surface area contributed by atoms with Gasteiger partial charge in [-0.1, -0.05) is 25.4 Å². The van der Waals surface area contributed by atoms with E-state index in [2.05, 4.69) is 19.2 Å². The van der Waals surface area contributed by atoms with Crippen LogP contribution in [0, 0.1) is 5.92 Å². The van der Waals surface area contributed by atoms with Crippen LogP contribution in [-0.2, 0) is 9.53 Å². The molecule has 1 rings (SSSR count). The lowest BCUT2D eigenvalue weighted by Crippen LogP contribution is -2.14. The lowest BCUT2D eigenvalue weighted by Gasteiger charge is -2.09. The highest BCUT2D eigenvalue weighted by Gasteiger charge is 2.06. The quantitative estimate of drug-likeness (QED) is 0.596. The average molecular weight is 285 g/mol. The number of anilines is 2. The molecule has 3 N–H and O–H groups in total. The van der Waals surface area contributed by atoms with E-state index in [0.29, 0.717) is 41.8 Å². The van der Waals surface area contributed by atoms with Crippen molar-refractivity contribution < 1.29 is 9.53 Å². The Morgan fingerprint density at radius 1 is 1.47 bits per heavy atom. The maximum atomic E-state index is 11.7. The van der Waals surface area contributed by atoms with Crippen molar-refractivity contribution in [2.24, 2.45) is 5.92 Å². The summed E-state index contributed by atoms with van der Waals surface area (Å²) >= 11 is 5.85. The molecule has 0 unspecified atom stereocenters. The molecule has 0 aliphatic rings. The van der Waals surface area contributed by atoms with Gasteiger partial charge >= 0.3 is 0 Å². The van der Waals surface area contributed by atoms with E-state index < -0.39 is 0 Å². The van der Waals surface area contributed by atoms with E-state index in [1.165, 1.54) is 0 Å². The second-order valence-electron chi connectivity index (χ2n) is 4.85. The third-order valence-corrected chi connectivity index (χ3v) is 2.67. The molecule has 5 heteroatoms. The number of halogens is 1. The minimum atomic E-state index is -0.0814. The molecule has 1 aromatic rings. The van der Waals surface area contributed by atoms with Crippen LogP contribution in [-0.4, -0.2) is 19.1 Å². The second kappa shape index (κ2) is 8.02. The molecule has 0 saturated heterocycles. The Bertz CT molecular complexity index is 422. The first-order valence-electron chi connectivity index (χ1n) is 6.41. The van der Waals surface area contributed by atoms with Gasteiger partial charge in [0.05, 0.1) is 11.4 Å². The number of rotatable bonds is 7. The molecule has 1 amide bonds. The highest BCUT2D eigenvalue weighted by molar-refractivity contribution is 6.31. The first-order valence-corrected chi connectivity index (χ1v) is 6.79. The topological polar surface area (TPSA) is 64.3 Å². The molecular weight excluding hydrogens is 264 g/mol. The standard InChI is InChI=1S/C14H21ClN2O2/c1-10(2)9-19-7-3-4-14(18)17-13-8-11(15)5-6-12(13)16/h5-6,8,10H,3-4,7,9,16H2,1-2H3,(H,17,18). The Balaban J connectivity index is 2.29. The van der Waals surface area contributed by atoms with E-state index in [4.69, 9.17) is 22.1 Å². The molecule has 4 nitrogen and oxygen atoms in total. The Kier molecular flexibility index (Phi) is 6.67. The molecule has 0 spiro atoms. The molecular formula is C14H21ClN2O2. The number of nitrogen functional groups attached to an aromatic ring is 1. The molecule has 0 radical (unpaired) electrons. The van der Waals surface area contributed by atoms with Crippen molar-refractivity contribution in [3.05, 3.63) is 23.2 Å². The number of hydrogen-bond acceptors (Lipinski definition) is 3. The van der Waals surface area contributed by atoms with Gasteiger partial charge in [0.1, 0.15) is 0 Å². The summed E-state index contributed by atoms with van der Waals surface area (Å²) in [6.07, 6.45) is 1.10. The predicted octanol–water partition coefficient (Wildman–Crippen LogP) is 3.31. The Labute approximate surface area is 119 Å². The van der Waals surface area contributed by atoms with Crippen molar-refractivity contribution in [1.82, 2.24) is 0 Å². The molecule has 19 heavy (non-hydrogen) atoms. The first-order chi connectivity index (χ1) is 8.99. The number of benzene rings is 1. The van der Waals surface area contributed by atoms with Gasteiger partial charge in [-0.05, 0) is 30.5 Å². The van der Waals surface area contributed by atoms with Crippen LogP contribution in [0.25, 0.3) is 0 Å². The molecule has 0 aromatic heterocycles. The third-order valence-electron chi connectivity index (χ3n) is 2.43. The van der Waals surface area contributed by atoms with Crippen LogP contribution in [0.1, 0.15) is 26.7 Å². The zero-order valence-electron chi connectivity index (χ0n) is 11.4. The average Bonchev–Trinajstić information content (AvgIpc) is 2.33. The number of amides is 1. The lowest BCUT2D eigenvalue weighted by molar-refractivity contribution is -0.116. The van der Waals surface area contributed by atoms with Crippen LogP contribution >= 0.6 is 11.6 Å². The maximum absolute atomic E-state index is 11.7. The molecule has 0 heterocycles. The number of carbonyl (C=O) groups is 1. The van der Waals surface area contributed by atoms with Gasteiger partial charge < -0.3 is 15.8 Å². The van der Waals surface area contributed by atoms with Gasteiger partial charge in [-0.2, -0.15) is 0 Å². The Hall–Kier alpha value is -1.26. The fourth-order valence-electron chi connectivity index (χ4n) is 1.50. The van der Waals surface area contributed by atoms with Crippen molar-refractivity contribution in [3.8, 4) is 0 Å². The minimum Gasteiger partial charge on any atom is -0.397 e. The second-order valence-corrected chi connectivity index (χ2v) is 5.29. The first kappa shape index (κ1) is 15.8. The highest BCUT2D eigenvalue weighted by atomic mass is 35.5. The Morgan fingerprint density at radius 2 is 2.21 bits per heavy atom. The fraction of sp³-hybridized carbons (Fsp3) is 0.500. The van der Waals surface area contributed by atoms with Crippen LogP contribution < -0.4 is 11.1 Å². The van der Waals surface area contributed by atoms with E-state index in [1.54, 1.807) is 18.2 Å². The monoisotopic (exact) mass is 284 g/mol. The highest BCUT2D eigenvalue weighted by Crippen LogP contribution is 2.23. The van der Waals surface area contributed by atoms with Gasteiger partial charge in [-0.15, -0.1) is 0 Å². The van der Waals surface area contributed by atoms with Crippen LogP contribution in [0.3, 0.4) is 0 Å². The van der Waals surface area contributed by atoms with Gasteiger partial charge in [0, 0.05) is 24.7 Å². The summed E-state index contributed by atoms with van der Waals surface area (Å²) < 4.78 is 5.41. The van der Waals surface area contributed by atoms with Crippen LogP contribution in [0.4, 0.5) is 11.4 Å². The van der Waals surface area contributed by atoms with Crippen molar-refractivity contribution in [2.45, 2.75) is 26.7 Å². The molecule has 0 bridgehead atoms. The summed E-state index contributed by atoms with van der Waals surface area (Å²) in [5.41, 5.74) is 6.81. The SMILES string of the molecule is CC(C)COCCCC(=O)Nc1cc(Cl)ccc1N. The fourth-order valence-corrected chi connectivity index (χ4v) is 1.68. The van der Waals surface area contributed by atoms with E-state index in [0.717, 1.165) is 6.61 Å². The van der Waals surface area contributed by atoms with Gasteiger partial charge in [-0.25, -0.2) is 0 Å². The van der Waals surface area contributed by atoms with Crippen molar-refractivity contribution in [3.63, 3.8) is 0 Å². The molecule has 0 atom stereocenters. The zero-order valence-corrected chi connectivity index (χ0v) is 12.2. The van der Waals surface area contributed by atoms with Gasteiger partial charge in [-0.3, -0.25) is 4.79 Å². The predicted molar refractivity (Wildman–Crippen MR) is 79.4 cm³/mol. The summed E-state index contributed by atoms with van der Waals surface area (Å²) in [4.78, 5) is 11.7. The number of hydrogen-bond donors (Lipinski definition) is 2. The van der Waals surface area contributed by atoms with Crippen molar-refractivity contribution in [1.29, 1.82) is 0 Å². The molecule has 0 aliphatic carbocycles. The summed E-state index contributed by atoms with van der Waals surface area (Å²) in [5, 5.41) is 3.29. The van der Waals surface area contributed by atoms with E-state index in [1.807, 2.05) is 0 Å². The number of nitrogens with two attached hydrogens (primary N) is 1. The Morgan fingerprint density at radius 3 is 2.89 bits per heavy atom. The summed E-state index contributed by atoms with van der Waals surface area (Å²) in [7, 11) is 0. The van der Waals surface area contributed by atoms with Crippen LogP contribution in [0.2, 0.25) is 5.02 Å². The minimum absolute atomic E-state index is 0.0814. The van der Waals surface area contributed by atoms with Crippen LogP contribution in [0.15, 0.2) is 18.2 Å². The summed E-state index contributed by atoms with van der Waals surface area (Å²) in [5.74, 6) is 0.433. The van der Waals surface area contributed by atoms with E-state index in [9.17, 15) is 4.79 Å². The number of carbonyl (C=O) groups excluding carboxylic acids is 1. The van der Waals surface area contributed by atoms with Crippen molar-refractivity contribution >= 4 is 28.9 Å². The zero-order chi connectivity index (χ0) is 14.3. The number of ether oxygens (including phenoxy) is 1. The summed E-state index contributed by atoms with van der Waals surface area (Å²) in [6, 6.07) is 5.00. The van der Waals surface area contributed by atoms with Crippen molar-refractivity contribution in [2.75, 3.05) is 24.3 Å². The van der Waals surface area contributed by atoms with Gasteiger partial charge in [0.2, 0.25) is 5.91 Å². The van der Waals surface area contributed by atoms with Crippen LogP contribution in [0.5, 0.6) is 0 Å². The maximum Gasteiger partial charge on any atom is 0.224 e. The number of nitrogens with one attached hydrogen (secondary N) is 1. The molecule has 0 fully saturated rings. The third kappa shape index (κ3) is 6.45. The molecule has 0 aliphatic heterocycles. The lowest BCUT2D eigenvalue weighted by atomic mass is 10.2. The normalized spacial score (nSPS) is 10.7. The van der Waals surface area contributed by atoms with E-state index >= 15 is 0 Å². The van der Waals surface area contributed by atoms with Gasteiger partial charge in [0.25, 0.3) is 0 Å². The largest absolute Gasteiger partial charge is 0.397 e. The molecule has 1 aromatic carbocycles. The molecule has 0 saturated carbocycles.